The van der Waals surface area contributed by atoms with Crippen LogP contribution < -0.4 is 0 Å². The maximum atomic E-state index is 12.1. The van der Waals surface area contributed by atoms with Crippen molar-refractivity contribution < 1.29 is 14.5 Å². The molecule has 0 spiro atoms. The molecule has 1 heterocycles. The first-order chi connectivity index (χ1) is 13.6. The number of hydrogen-bond donors (Lipinski definition) is 0. The minimum Gasteiger partial charge on any atom is -0.466 e. The van der Waals surface area contributed by atoms with Gasteiger partial charge in [-0.25, -0.2) is 0 Å². The van der Waals surface area contributed by atoms with Crippen molar-refractivity contribution in [2.45, 2.75) is 38.4 Å². The van der Waals surface area contributed by atoms with Crippen LogP contribution in [0.1, 0.15) is 36.9 Å². The van der Waals surface area contributed by atoms with Gasteiger partial charge in [0.25, 0.3) is 0 Å². The highest BCUT2D eigenvalue weighted by Crippen LogP contribution is 2.38. The predicted octanol–water partition coefficient (Wildman–Crippen LogP) is 3.85. The van der Waals surface area contributed by atoms with Gasteiger partial charge in [-0.15, -0.1) is 0 Å². The molecule has 0 unspecified atom stereocenters. The lowest BCUT2D eigenvalue weighted by molar-refractivity contribution is -0.545. The van der Waals surface area contributed by atoms with Crippen LogP contribution in [0, 0.1) is 16.0 Å². The molecule has 0 amide bonds. The predicted molar refractivity (Wildman–Crippen MR) is 106 cm³/mol. The molecule has 2 aromatic rings. The smallest absolute Gasteiger partial charge is 0.306 e. The zero-order chi connectivity index (χ0) is 19.9. The van der Waals surface area contributed by atoms with Gasteiger partial charge in [0, 0.05) is 17.4 Å². The lowest BCUT2D eigenvalue weighted by atomic mass is 9.80. The van der Waals surface area contributed by atoms with Crippen molar-refractivity contribution in [3.63, 3.8) is 0 Å². The number of ether oxygens (including phenoxy) is 1. The first-order valence-electron chi connectivity index (χ1n) is 9.72. The zero-order valence-electron chi connectivity index (χ0n) is 16.1. The third kappa shape index (κ3) is 4.75. The Labute approximate surface area is 165 Å². The van der Waals surface area contributed by atoms with E-state index in [1.54, 1.807) is 6.92 Å². The number of nitro groups is 1. The number of likely N-dealkylation sites (tertiary alicyclic amines) is 1. The molecule has 6 heteroatoms. The molecule has 0 N–H and O–H groups in total. The highest BCUT2D eigenvalue weighted by atomic mass is 16.6. The summed E-state index contributed by atoms with van der Waals surface area (Å²) in [5, 5.41) is 12.1. The Kier molecular flexibility index (Phi) is 6.76. The zero-order valence-corrected chi connectivity index (χ0v) is 16.1. The van der Waals surface area contributed by atoms with E-state index in [0.29, 0.717) is 19.5 Å². The summed E-state index contributed by atoms with van der Waals surface area (Å²) in [5.74, 6) is -0.700. The summed E-state index contributed by atoms with van der Waals surface area (Å²) >= 11 is 0. The van der Waals surface area contributed by atoms with Crippen molar-refractivity contribution >= 4 is 5.97 Å². The summed E-state index contributed by atoms with van der Waals surface area (Å²) in [7, 11) is 0. The summed E-state index contributed by atoms with van der Waals surface area (Å²) in [5.41, 5.74) is 2.03. The van der Waals surface area contributed by atoms with Gasteiger partial charge in [0.1, 0.15) is 6.04 Å². The van der Waals surface area contributed by atoms with Crippen molar-refractivity contribution in [3.8, 4) is 0 Å². The van der Waals surface area contributed by atoms with Gasteiger partial charge in [-0.3, -0.25) is 19.8 Å². The van der Waals surface area contributed by atoms with E-state index in [0.717, 1.165) is 11.1 Å². The monoisotopic (exact) mass is 382 g/mol. The van der Waals surface area contributed by atoms with Crippen LogP contribution in [0.15, 0.2) is 60.7 Å². The molecule has 3 atom stereocenters. The van der Waals surface area contributed by atoms with Gasteiger partial charge in [0.05, 0.1) is 13.0 Å². The maximum absolute atomic E-state index is 12.1. The molecule has 1 aliphatic heterocycles. The second-order valence-electron chi connectivity index (χ2n) is 7.15. The highest BCUT2D eigenvalue weighted by Gasteiger charge is 2.47. The van der Waals surface area contributed by atoms with E-state index in [-0.39, 0.29) is 35.9 Å². The average Bonchev–Trinajstić information content (AvgIpc) is 2.70. The molecule has 2 aromatic carbocycles. The SMILES string of the molecule is CCOC(=O)C[C@@H]1CCN(Cc2ccccc2)[C@H](c2ccccc2)[C@H]1[N+](=O)[O-]. The van der Waals surface area contributed by atoms with Gasteiger partial charge in [-0.1, -0.05) is 60.7 Å². The normalized spacial score (nSPS) is 22.5. The summed E-state index contributed by atoms with van der Waals surface area (Å²) in [6, 6.07) is 18.3. The Bertz CT molecular complexity index is 782. The molecule has 1 aliphatic rings. The van der Waals surface area contributed by atoms with E-state index in [1.807, 2.05) is 60.7 Å². The molecule has 3 rings (SSSR count). The third-order valence-corrected chi connectivity index (χ3v) is 5.33. The summed E-state index contributed by atoms with van der Waals surface area (Å²) in [4.78, 5) is 26.1. The van der Waals surface area contributed by atoms with Gasteiger partial charge in [-0.2, -0.15) is 0 Å². The summed E-state index contributed by atoms with van der Waals surface area (Å²) in [6.07, 6.45) is 0.683. The molecular weight excluding hydrogens is 356 g/mol. The fourth-order valence-electron chi connectivity index (χ4n) is 4.11. The lowest BCUT2D eigenvalue weighted by Crippen LogP contribution is -2.50. The average molecular weight is 382 g/mol. The van der Waals surface area contributed by atoms with Crippen LogP contribution in [0.25, 0.3) is 0 Å². The van der Waals surface area contributed by atoms with Gasteiger partial charge in [0.2, 0.25) is 6.04 Å². The summed E-state index contributed by atoms with van der Waals surface area (Å²) < 4.78 is 5.06. The first kappa shape index (κ1) is 20.0. The van der Waals surface area contributed by atoms with Gasteiger partial charge < -0.3 is 4.74 Å². The second-order valence-corrected chi connectivity index (χ2v) is 7.15. The molecule has 0 bridgehead atoms. The van der Waals surface area contributed by atoms with Gasteiger partial charge >= 0.3 is 5.97 Å². The highest BCUT2D eigenvalue weighted by molar-refractivity contribution is 5.69. The van der Waals surface area contributed by atoms with E-state index in [1.165, 1.54) is 0 Å². The Balaban J connectivity index is 1.91. The van der Waals surface area contributed by atoms with Crippen LogP contribution >= 0.6 is 0 Å². The minimum atomic E-state index is -0.857. The number of carbonyl (C=O) groups excluding carboxylic acids is 1. The van der Waals surface area contributed by atoms with Crippen molar-refractivity contribution in [3.05, 3.63) is 81.9 Å². The fourth-order valence-corrected chi connectivity index (χ4v) is 4.11. The molecule has 148 valence electrons. The van der Waals surface area contributed by atoms with Crippen LogP contribution in [0.5, 0.6) is 0 Å². The van der Waals surface area contributed by atoms with Crippen molar-refractivity contribution in [1.82, 2.24) is 4.90 Å². The first-order valence-corrected chi connectivity index (χ1v) is 9.72. The lowest BCUT2D eigenvalue weighted by Gasteiger charge is -2.41. The molecule has 1 fully saturated rings. The largest absolute Gasteiger partial charge is 0.466 e. The molecule has 6 nitrogen and oxygen atoms in total. The third-order valence-electron chi connectivity index (χ3n) is 5.33. The number of piperidine rings is 1. The van der Waals surface area contributed by atoms with Crippen molar-refractivity contribution in [2.24, 2.45) is 5.92 Å². The standard InChI is InChI=1S/C22H26N2O4/c1-2-28-20(25)15-19-13-14-23(16-17-9-5-3-6-10-17)21(22(19)24(26)27)18-11-7-4-8-12-18/h3-12,19,21-22H,2,13-16H2,1H3/t19-,21+,22-/m0/s1. The molecular formula is C22H26N2O4. The fraction of sp³-hybridized carbons (Fsp3) is 0.409. The number of benzene rings is 2. The van der Waals surface area contributed by atoms with Crippen LogP contribution in [0.2, 0.25) is 0 Å². The maximum Gasteiger partial charge on any atom is 0.306 e. The number of esters is 1. The van der Waals surface area contributed by atoms with E-state index in [4.69, 9.17) is 4.74 Å². The number of nitrogens with zero attached hydrogens (tertiary/aromatic N) is 2. The van der Waals surface area contributed by atoms with E-state index >= 15 is 0 Å². The van der Waals surface area contributed by atoms with Crippen LogP contribution in [0.4, 0.5) is 0 Å². The van der Waals surface area contributed by atoms with Crippen LogP contribution in [-0.4, -0.2) is 35.0 Å². The Morgan fingerprint density at radius 2 is 1.79 bits per heavy atom. The van der Waals surface area contributed by atoms with Gasteiger partial charge in [0.15, 0.2) is 0 Å². The molecule has 0 aromatic heterocycles. The van der Waals surface area contributed by atoms with Crippen molar-refractivity contribution in [1.29, 1.82) is 0 Å². The van der Waals surface area contributed by atoms with E-state index in [2.05, 4.69) is 4.90 Å². The number of hydrogen-bond acceptors (Lipinski definition) is 5. The molecule has 0 radical (unpaired) electrons. The Morgan fingerprint density at radius 1 is 1.14 bits per heavy atom. The topological polar surface area (TPSA) is 72.7 Å². The Hall–Kier alpha value is -2.73. The van der Waals surface area contributed by atoms with Crippen LogP contribution in [-0.2, 0) is 16.1 Å². The summed E-state index contributed by atoms with van der Waals surface area (Å²) in [6.45, 7) is 3.37. The van der Waals surface area contributed by atoms with Crippen LogP contribution in [0.3, 0.4) is 0 Å². The van der Waals surface area contributed by atoms with Crippen molar-refractivity contribution in [2.75, 3.05) is 13.2 Å². The van der Waals surface area contributed by atoms with Gasteiger partial charge in [-0.05, 0) is 31.0 Å². The molecule has 28 heavy (non-hydrogen) atoms. The quantitative estimate of drug-likeness (QED) is 0.413. The molecule has 0 aliphatic carbocycles. The Morgan fingerprint density at radius 3 is 2.39 bits per heavy atom. The molecule has 0 saturated carbocycles. The number of carbonyl (C=O) groups is 1. The van der Waals surface area contributed by atoms with E-state index in [9.17, 15) is 14.9 Å². The van der Waals surface area contributed by atoms with E-state index < -0.39 is 6.04 Å². The second kappa shape index (κ2) is 9.46. The molecule has 1 saturated heterocycles. The minimum absolute atomic E-state index is 0.0853. The number of rotatable bonds is 7.